The Morgan fingerprint density at radius 2 is 2.06 bits per heavy atom. The van der Waals surface area contributed by atoms with Crippen molar-refractivity contribution in [3.63, 3.8) is 0 Å². The third kappa shape index (κ3) is 4.26. The van der Waals surface area contributed by atoms with Crippen LogP contribution >= 0.6 is 0 Å². The molecule has 0 aromatic heterocycles. The average molecular weight is 258 g/mol. The van der Waals surface area contributed by atoms with Crippen molar-refractivity contribution in [1.29, 1.82) is 0 Å². The first kappa shape index (κ1) is 13.8. The molecule has 0 amide bonds. The van der Waals surface area contributed by atoms with Crippen LogP contribution in [0.2, 0.25) is 0 Å². The lowest BCUT2D eigenvalue weighted by Crippen LogP contribution is -2.09. The Bertz CT molecular complexity index is 494. The number of ketones is 1. The van der Waals surface area contributed by atoms with Gasteiger partial charge >= 0.3 is 0 Å². The molecule has 1 aromatic carbocycles. The number of benzene rings is 1. The van der Waals surface area contributed by atoms with E-state index in [1.165, 1.54) is 18.2 Å². The maximum Gasteiger partial charge on any atom is 0.178 e. The van der Waals surface area contributed by atoms with Crippen molar-refractivity contribution < 1.29 is 17.6 Å². The second-order valence-electron chi connectivity index (χ2n) is 3.77. The highest BCUT2D eigenvalue weighted by atomic mass is 32.2. The van der Waals surface area contributed by atoms with Crippen LogP contribution in [0.1, 0.15) is 26.2 Å². The highest BCUT2D eigenvalue weighted by Crippen LogP contribution is 2.14. The monoisotopic (exact) mass is 258 g/mol. The zero-order valence-electron chi connectivity index (χ0n) is 9.65. The van der Waals surface area contributed by atoms with Crippen molar-refractivity contribution in [2.45, 2.75) is 31.1 Å². The molecule has 0 N–H and O–H groups in total. The Hall–Kier alpha value is -1.23. The van der Waals surface area contributed by atoms with Crippen LogP contribution in [0, 0.1) is 5.82 Å². The van der Waals surface area contributed by atoms with Crippen molar-refractivity contribution >= 4 is 15.6 Å². The van der Waals surface area contributed by atoms with E-state index >= 15 is 0 Å². The van der Waals surface area contributed by atoms with E-state index < -0.39 is 15.7 Å². The Morgan fingerprint density at radius 3 is 2.65 bits per heavy atom. The van der Waals surface area contributed by atoms with Gasteiger partial charge in [-0.3, -0.25) is 4.79 Å². The largest absolute Gasteiger partial charge is 0.300 e. The van der Waals surface area contributed by atoms with E-state index in [0.717, 1.165) is 6.07 Å². The van der Waals surface area contributed by atoms with Gasteiger partial charge in [-0.25, -0.2) is 12.8 Å². The third-order valence-electron chi connectivity index (χ3n) is 2.42. The van der Waals surface area contributed by atoms with Crippen LogP contribution in [0.25, 0.3) is 0 Å². The Morgan fingerprint density at radius 1 is 1.35 bits per heavy atom. The average Bonchev–Trinajstić information content (AvgIpc) is 2.28. The minimum Gasteiger partial charge on any atom is -0.300 e. The summed E-state index contributed by atoms with van der Waals surface area (Å²) in [6, 6.07) is 4.91. The lowest BCUT2D eigenvalue weighted by Gasteiger charge is -2.03. The van der Waals surface area contributed by atoms with Crippen molar-refractivity contribution in [3.8, 4) is 0 Å². The van der Waals surface area contributed by atoms with Gasteiger partial charge in [-0.1, -0.05) is 13.0 Å². The topological polar surface area (TPSA) is 51.2 Å². The van der Waals surface area contributed by atoms with Gasteiger partial charge in [0.2, 0.25) is 0 Å². The van der Waals surface area contributed by atoms with Gasteiger partial charge in [0, 0.05) is 12.8 Å². The lowest BCUT2D eigenvalue weighted by atomic mass is 10.2. The van der Waals surface area contributed by atoms with Gasteiger partial charge in [-0.2, -0.15) is 0 Å². The van der Waals surface area contributed by atoms with E-state index in [9.17, 15) is 17.6 Å². The van der Waals surface area contributed by atoms with Crippen LogP contribution < -0.4 is 0 Å². The molecule has 94 valence electrons. The van der Waals surface area contributed by atoms with Crippen LogP contribution in [0.3, 0.4) is 0 Å². The SMILES string of the molecule is CCC(=O)CCCS(=O)(=O)c1cccc(F)c1. The molecule has 1 aromatic rings. The molecular weight excluding hydrogens is 243 g/mol. The Kier molecular flexibility index (Phi) is 4.81. The quantitative estimate of drug-likeness (QED) is 0.787. The summed E-state index contributed by atoms with van der Waals surface area (Å²) >= 11 is 0. The van der Waals surface area contributed by atoms with E-state index in [0.29, 0.717) is 6.42 Å². The summed E-state index contributed by atoms with van der Waals surface area (Å²) in [5, 5.41) is 0. The summed E-state index contributed by atoms with van der Waals surface area (Å²) in [7, 11) is -3.48. The van der Waals surface area contributed by atoms with Gasteiger partial charge in [-0.15, -0.1) is 0 Å². The molecule has 0 aliphatic rings. The smallest absolute Gasteiger partial charge is 0.178 e. The van der Waals surface area contributed by atoms with E-state index in [1.54, 1.807) is 6.92 Å². The van der Waals surface area contributed by atoms with E-state index in [1.807, 2.05) is 0 Å². The van der Waals surface area contributed by atoms with E-state index in [4.69, 9.17) is 0 Å². The highest BCUT2D eigenvalue weighted by Gasteiger charge is 2.15. The van der Waals surface area contributed by atoms with Crippen molar-refractivity contribution in [2.24, 2.45) is 0 Å². The zero-order valence-corrected chi connectivity index (χ0v) is 10.5. The number of rotatable bonds is 6. The minimum atomic E-state index is -3.48. The molecular formula is C12H15FO3S. The minimum absolute atomic E-state index is 0.0264. The van der Waals surface area contributed by atoms with Crippen LogP contribution in [0.4, 0.5) is 4.39 Å². The predicted molar refractivity (Wildman–Crippen MR) is 63.0 cm³/mol. The number of hydrogen-bond donors (Lipinski definition) is 0. The van der Waals surface area contributed by atoms with Crippen LogP contribution in [-0.2, 0) is 14.6 Å². The molecule has 1 rings (SSSR count). The number of carbonyl (C=O) groups excluding carboxylic acids is 1. The number of halogens is 1. The molecule has 0 spiro atoms. The summed E-state index contributed by atoms with van der Waals surface area (Å²) in [6.45, 7) is 1.74. The first-order valence-corrected chi connectivity index (χ1v) is 7.11. The molecule has 0 aliphatic heterocycles. The maximum absolute atomic E-state index is 12.9. The summed E-state index contributed by atoms with van der Waals surface area (Å²) in [4.78, 5) is 11.0. The molecule has 0 radical (unpaired) electrons. The fraction of sp³-hybridized carbons (Fsp3) is 0.417. The van der Waals surface area contributed by atoms with Crippen LogP contribution in [0.5, 0.6) is 0 Å². The lowest BCUT2D eigenvalue weighted by molar-refractivity contribution is -0.118. The molecule has 0 unspecified atom stereocenters. The summed E-state index contributed by atoms with van der Waals surface area (Å²) in [5.41, 5.74) is 0. The normalized spacial score (nSPS) is 11.4. The molecule has 0 fully saturated rings. The number of sulfone groups is 1. The van der Waals surface area contributed by atoms with E-state index in [-0.39, 0.29) is 29.3 Å². The van der Waals surface area contributed by atoms with Gasteiger partial charge in [0.05, 0.1) is 10.6 Å². The second kappa shape index (κ2) is 5.91. The molecule has 0 atom stereocenters. The van der Waals surface area contributed by atoms with Gasteiger partial charge in [-0.05, 0) is 24.6 Å². The second-order valence-corrected chi connectivity index (χ2v) is 5.88. The zero-order chi connectivity index (χ0) is 12.9. The van der Waals surface area contributed by atoms with Crippen molar-refractivity contribution in [1.82, 2.24) is 0 Å². The molecule has 0 heterocycles. The summed E-state index contributed by atoms with van der Waals surface area (Å²) < 4.78 is 36.4. The third-order valence-corrected chi connectivity index (χ3v) is 4.22. The first-order chi connectivity index (χ1) is 7.95. The van der Waals surface area contributed by atoms with E-state index in [2.05, 4.69) is 0 Å². The molecule has 0 bridgehead atoms. The van der Waals surface area contributed by atoms with Crippen molar-refractivity contribution in [2.75, 3.05) is 5.75 Å². The Labute approximate surface area is 101 Å². The fourth-order valence-corrected chi connectivity index (χ4v) is 2.75. The molecule has 0 aliphatic carbocycles. The van der Waals surface area contributed by atoms with Gasteiger partial charge in [0.15, 0.2) is 9.84 Å². The summed E-state index contributed by atoms with van der Waals surface area (Å²) in [5.74, 6) is -0.655. The molecule has 5 heteroatoms. The highest BCUT2D eigenvalue weighted by molar-refractivity contribution is 7.91. The summed E-state index contributed by atoms with van der Waals surface area (Å²) in [6.07, 6.45) is 0.955. The maximum atomic E-state index is 12.9. The fourth-order valence-electron chi connectivity index (χ4n) is 1.41. The molecule has 17 heavy (non-hydrogen) atoms. The van der Waals surface area contributed by atoms with Crippen molar-refractivity contribution in [3.05, 3.63) is 30.1 Å². The Balaban J connectivity index is 2.66. The number of Topliss-reactive ketones (excluding diaryl/α,β-unsaturated/α-hetero) is 1. The predicted octanol–water partition coefficient (Wildman–Crippen LogP) is 2.36. The first-order valence-electron chi connectivity index (χ1n) is 5.45. The van der Waals surface area contributed by atoms with Gasteiger partial charge < -0.3 is 0 Å². The number of hydrogen-bond acceptors (Lipinski definition) is 3. The van der Waals surface area contributed by atoms with Crippen LogP contribution in [0.15, 0.2) is 29.2 Å². The van der Waals surface area contributed by atoms with Crippen LogP contribution in [-0.4, -0.2) is 20.0 Å². The molecule has 0 saturated carbocycles. The molecule has 3 nitrogen and oxygen atoms in total. The van der Waals surface area contributed by atoms with Gasteiger partial charge in [0.25, 0.3) is 0 Å². The number of carbonyl (C=O) groups is 1. The molecule has 0 saturated heterocycles. The standard InChI is InChI=1S/C12H15FO3S/c1-2-11(14)6-4-8-17(15,16)12-7-3-5-10(13)9-12/h3,5,7,9H,2,4,6,8H2,1H3. The van der Waals surface area contributed by atoms with Gasteiger partial charge in [0.1, 0.15) is 11.6 Å².